The van der Waals surface area contributed by atoms with E-state index in [2.05, 4.69) is 9.59 Å². The van der Waals surface area contributed by atoms with Crippen LogP contribution < -0.4 is 0 Å². The summed E-state index contributed by atoms with van der Waals surface area (Å²) in [4.78, 5) is 0. The average molecular weight is 162 g/mol. The lowest BCUT2D eigenvalue weighted by Crippen LogP contribution is -1.75. The topological polar surface area (TPSA) is 73.4 Å². The Morgan fingerprint density at radius 2 is 2.27 bits per heavy atom. The highest BCUT2D eigenvalue weighted by atomic mass is 32.1. The highest BCUT2D eigenvalue weighted by Crippen LogP contribution is 2.03. The van der Waals surface area contributed by atoms with Crippen LogP contribution in [0.2, 0.25) is 0 Å². The zero-order valence-electron chi connectivity index (χ0n) is 5.35. The van der Waals surface area contributed by atoms with Crippen LogP contribution in [0.3, 0.4) is 0 Å². The van der Waals surface area contributed by atoms with E-state index in [1.807, 2.05) is 0 Å². The van der Waals surface area contributed by atoms with E-state index in [9.17, 15) is 0 Å². The third kappa shape index (κ3) is 1.85. The molecule has 0 aromatic carbocycles. The van der Waals surface area contributed by atoms with Crippen molar-refractivity contribution in [3.8, 4) is 12.1 Å². The summed E-state index contributed by atoms with van der Waals surface area (Å²) in [5.74, 6) is 0. The van der Waals surface area contributed by atoms with E-state index < -0.39 is 0 Å². The molecule has 0 bridgehead atoms. The number of aromatic nitrogens is 2. The summed E-state index contributed by atoms with van der Waals surface area (Å²) in [6, 6.07) is 3.45. The first-order chi connectivity index (χ1) is 5.36. The molecule has 1 heterocycles. The molecule has 5 heteroatoms. The lowest BCUT2D eigenvalue weighted by Gasteiger charge is -1.77. The minimum absolute atomic E-state index is 0.0395. The van der Waals surface area contributed by atoms with Crippen LogP contribution in [0.1, 0.15) is 5.69 Å². The monoisotopic (exact) mass is 162 g/mol. The summed E-state index contributed by atoms with van der Waals surface area (Å²) < 4.78 is 3.57. The van der Waals surface area contributed by atoms with Gasteiger partial charge in [-0.2, -0.15) is 10.5 Å². The van der Waals surface area contributed by atoms with Gasteiger partial charge in [0, 0.05) is 5.38 Å². The molecule has 0 unspecified atom stereocenters. The van der Waals surface area contributed by atoms with Crippen LogP contribution >= 0.6 is 11.5 Å². The molecule has 0 saturated carbocycles. The summed E-state index contributed by atoms with van der Waals surface area (Å²) in [6.45, 7) is 0. The van der Waals surface area contributed by atoms with Gasteiger partial charge < -0.3 is 0 Å². The van der Waals surface area contributed by atoms with Crippen LogP contribution in [-0.2, 0) is 0 Å². The molecule has 11 heavy (non-hydrogen) atoms. The first-order valence-electron chi connectivity index (χ1n) is 2.66. The molecule has 1 rings (SSSR count). The van der Waals surface area contributed by atoms with Gasteiger partial charge in [-0.05, 0) is 17.6 Å². The van der Waals surface area contributed by atoms with Crippen molar-refractivity contribution in [3.63, 3.8) is 0 Å². The zero-order valence-corrected chi connectivity index (χ0v) is 6.17. The highest BCUT2D eigenvalue weighted by molar-refractivity contribution is 7.03. The molecule has 0 aliphatic rings. The van der Waals surface area contributed by atoms with Crippen molar-refractivity contribution in [2.24, 2.45) is 0 Å². The number of hydrogen-bond donors (Lipinski definition) is 0. The summed E-state index contributed by atoms with van der Waals surface area (Å²) in [7, 11) is 0. The molecular formula is C6H2N4S. The molecule has 0 aliphatic heterocycles. The zero-order chi connectivity index (χ0) is 8.10. The number of nitrogens with zero attached hydrogens (tertiary/aromatic N) is 4. The Labute approximate surface area is 67.2 Å². The lowest BCUT2D eigenvalue weighted by molar-refractivity contribution is 1.14. The fourth-order valence-electron chi connectivity index (χ4n) is 0.472. The third-order valence-electron chi connectivity index (χ3n) is 0.910. The second kappa shape index (κ2) is 3.45. The van der Waals surface area contributed by atoms with Crippen molar-refractivity contribution >= 4 is 17.6 Å². The molecule has 1 aromatic heterocycles. The molecule has 52 valence electrons. The highest BCUT2D eigenvalue weighted by Gasteiger charge is 1.94. The third-order valence-corrected chi connectivity index (χ3v) is 1.43. The van der Waals surface area contributed by atoms with E-state index >= 15 is 0 Å². The SMILES string of the molecule is N#CC(C#N)=Cc1csnn1. The van der Waals surface area contributed by atoms with Gasteiger partial charge in [0.1, 0.15) is 23.4 Å². The second-order valence-corrected chi connectivity index (χ2v) is 2.22. The Balaban J connectivity index is 2.93. The van der Waals surface area contributed by atoms with Crippen molar-refractivity contribution in [3.05, 3.63) is 16.6 Å². The van der Waals surface area contributed by atoms with Crippen molar-refractivity contribution in [2.75, 3.05) is 0 Å². The van der Waals surface area contributed by atoms with Gasteiger partial charge in [0.15, 0.2) is 0 Å². The van der Waals surface area contributed by atoms with Gasteiger partial charge in [0.05, 0.1) is 0 Å². The van der Waals surface area contributed by atoms with E-state index in [4.69, 9.17) is 10.5 Å². The summed E-state index contributed by atoms with van der Waals surface area (Å²) >= 11 is 1.18. The predicted octanol–water partition coefficient (Wildman–Crippen LogP) is 0.969. The quantitative estimate of drug-likeness (QED) is 0.576. The molecule has 0 fully saturated rings. The molecule has 0 amide bonds. The molecule has 0 aliphatic carbocycles. The summed E-state index contributed by atoms with van der Waals surface area (Å²) in [5, 5.41) is 22.0. The normalized spacial score (nSPS) is 7.82. The maximum atomic E-state index is 8.34. The molecular weight excluding hydrogens is 160 g/mol. The Morgan fingerprint density at radius 1 is 1.55 bits per heavy atom. The standard InChI is InChI=1S/C6H2N4S/c7-2-5(3-8)1-6-4-11-10-9-6/h1,4H. The van der Waals surface area contributed by atoms with E-state index in [1.54, 1.807) is 17.5 Å². The predicted molar refractivity (Wildman–Crippen MR) is 39.1 cm³/mol. The molecule has 1 aromatic rings. The Bertz CT molecular complexity index is 322. The van der Waals surface area contributed by atoms with Gasteiger partial charge in [-0.15, -0.1) is 5.10 Å². The Kier molecular flexibility index (Phi) is 2.32. The molecule has 0 spiro atoms. The number of nitriles is 2. The van der Waals surface area contributed by atoms with Gasteiger partial charge in [-0.1, -0.05) is 4.49 Å². The Morgan fingerprint density at radius 3 is 2.73 bits per heavy atom. The lowest BCUT2D eigenvalue weighted by atomic mass is 10.3. The van der Waals surface area contributed by atoms with E-state index in [0.717, 1.165) is 0 Å². The van der Waals surface area contributed by atoms with Crippen LogP contribution in [0.15, 0.2) is 11.0 Å². The minimum Gasteiger partial charge on any atom is -0.192 e. The first-order valence-corrected chi connectivity index (χ1v) is 3.49. The minimum atomic E-state index is 0.0395. The maximum absolute atomic E-state index is 8.34. The van der Waals surface area contributed by atoms with Crippen molar-refractivity contribution in [2.45, 2.75) is 0 Å². The Hall–Kier alpha value is -1.72. The van der Waals surface area contributed by atoms with Crippen LogP contribution in [-0.4, -0.2) is 9.59 Å². The second-order valence-electron chi connectivity index (χ2n) is 1.61. The molecule has 4 nitrogen and oxygen atoms in total. The summed E-state index contributed by atoms with van der Waals surface area (Å²) in [5.41, 5.74) is 0.589. The van der Waals surface area contributed by atoms with E-state index in [-0.39, 0.29) is 5.57 Å². The van der Waals surface area contributed by atoms with Crippen molar-refractivity contribution in [1.82, 2.24) is 9.59 Å². The summed E-state index contributed by atoms with van der Waals surface area (Å²) in [6.07, 6.45) is 1.39. The first kappa shape index (κ1) is 7.39. The number of hydrogen-bond acceptors (Lipinski definition) is 5. The van der Waals surface area contributed by atoms with Crippen LogP contribution in [0.25, 0.3) is 6.08 Å². The molecule has 0 atom stereocenters. The fraction of sp³-hybridized carbons (Fsp3) is 0. The van der Waals surface area contributed by atoms with Gasteiger partial charge in [-0.3, -0.25) is 0 Å². The molecule has 0 N–H and O–H groups in total. The van der Waals surface area contributed by atoms with Crippen molar-refractivity contribution < 1.29 is 0 Å². The average Bonchev–Trinajstić information content (AvgIpc) is 2.52. The largest absolute Gasteiger partial charge is 0.192 e. The van der Waals surface area contributed by atoms with Crippen LogP contribution in [0.5, 0.6) is 0 Å². The van der Waals surface area contributed by atoms with Crippen LogP contribution in [0.4, 0.5) is 0 Å². The number of allylic oxidation sites excluding steroid dienone is 1. The molecule has 0 radical (unpaired) electrons. The smallest absolute Gasteiger partial charge is 0.131 e. The van der Waals surface area contributed by atoms with Crippen LogP contribution in [0, 0.1) is 22.7 Å². The number of rotatable bonds is 1. The van der Waals surface area contributed by atoms with Gasteiger partial charge in [-0.25, -0.2) is 0 Å². The van der Waals surface area contributed by atoms with E-state index in [1.165, 1.54) is 17.6 Å². The fourth-order valence-corrected chi connectivity index (χ4v) is 0.884. The van der Waals surface area contributed by atoms with E-state index in [0.29, 0.717) is 5.69 Å². The molecule has 0 saturated heterocycles. The van der Waals surface area contributed by atoms with Gasteiger partial charge >= 0.3 is 0 Å². The van der Waals surface area contributed by atoms with Gasteiger partial charge in [0.2, 0.25) is 0 Å². The van der Waals surface area contributed by atoms with Crippen molar-refractivity contribution in [1.29, 1.82) is 10.5 Å². The maximum Gasteiger partial charge on any atom is 0.131 e. The van der Waals surface area contributed by atoms with Gasteiger partial charge in [0.25, 0.3) is 0 Å².